The molecule has 0 aliphatic heterocycles. The number of hydrogen-bond donors (Lipinski definition) is 0. The van der Waals surface area contributed by atoms with Gasteiger partial charge in [-0.3, -0.25) is 0 Å². The summed E-state index contributed by atoms with van der Waals surface area (Å²) in [6.07, 6.45) is 2.96. The third-order valence-electron chi connectivity index (χ3n) is 4.40. The maximum absolute atomic E-state index is 10.9. The molecular weight excluding hydrogens is 274 g/mol. The monoisotopic (exact) mass is 295 g/mol. The van der Waals surface area contributed by atoms with Gasteiger partial charge in [0.05, 0.1) is 6.04 Å². The molecule has 0 aromatic heterocycles. The van der Waals surface area contributed by atoms with Gasteiger partial charge in [0.1, 0.15) is 0 Å². The average Bonchev–Trinajstić information content (AvgIpc) is 3.00. The number of benzene rings is 1. The largest absolute Gasteiger partial charge is 0.385 e. The van der Waals surface area contributed by atoms with Gasteiger partial charge >= 0.3 is 10.5 Å². The molecule has 0 heterocycles. The minimum atomic E-state index is -2.33. The Hall–Kier alpha value is -1.20. The first-order chi connectivity index (χ1) is 9.63. The van der Waals surface area contributed by atoms with E-state index < -0.39 is 10.5 Å². The first kappa shape index (κ1) is 15.2. The van der Waals surface area contributed by atoms with Gasteiger partial charge in [-0.2, -0.15) is 12.8 Å². The van der Waals surface area contributed by atoms with Crippen molar-refractivity contribution in [1.82, 2.24) is 0 Å². The number of hydrogen-bond acceptors (Lipinski definition) is 4. The summed E-state index contributed by atoms with van der Waals surface area (Å²) in [5.74, 6) is 0.269. The van der Waals surface area contributed by atoms with Crippen molar-refractivity contribution in [2.75, 3.05) is 13.7 Å². The van der Waals surface area contributed by atoms with Crippen LogP contribution in [0.2, 0.25) is 0 Å². The topological polar surface area (TPSA) is 55.7 Å². The molecule has 0 saturated heterocycles. The third-order valence-corrected chi connectivity index (χ3v) is 4.80. The molecule has 0 spiro atoms. The number of unbranched alkanes of at least 4 members (excludes halogenated alkanes) is 1. The SMILES string of the molecule is COCCCCC1(c2ccccc2)C(C)C1N=S(=O)=O. The Labute approximate surface area is 121 Å². The van der Waals surface area contributed by atoms with Gasteiger partial charge in [-0.05, 0) is 24.3 Å². The van der Waals surface area contributed by atoms with Gasteiger partial charge in [-0.25, -0.2) is 0 Å². The van der Waals surface area contributed by atoms with Gasteiger partial charge in [0.15, 0.2) is 0 Å². The zero-order chi connectivity index (χ0) is 14.6. The van der Waals surface area contributed by atoms with Crippen LogP contribution in [0.1, 0.15) is 31.7 Å². The van der Waals surface area contributed by atoms with E-state index in [4.69, 9.17) is 4.74 Å². The van der Waals surface area contributed by atoms with Crippen molar-refractivity contribution in [3.63, 3.8) is 0 Å². The van der Waals surface area contributed by atoms with Crippen LogP contribution in [-0.2, 0) is 20.7 Å². The van der Waals surface area contributed by atoms with Gasteiger partial charge in [0.25, 0.3) is 0 Å². The van der Waals surface area contributed by atoms with E-state index in [2.05, 4.69) is 23.4 Å². The molecular formula is C15H21NO3S. The second-order valence-corrected chi connectivity index (χ2v) is 6.06. The van der Waals surface area contributed by atoms with E-state index in [0.717, 1.165) is 25.9 Å². The summed E-state index contributed by atoms with van der Waals surface area (Å²) in [4.78, 5) is 0. The summed E-state index contributed by atoms with van der Waals surface area (Å²) >= 11 is 0. The lowest BCUT2D eigenvalue weighted by molar-refractivity contribution is 0.190. The van der Waals surface area contributed by atoms with E-state index in [1.807, 2.05) is 18.2 Å². The first-order valence-electron chi connectivity index (χ1n) is 6.97. The fourth-order valence-electron chi connectivity index (χ4n) is 3.25. The predicted molar refractivity (Wildman–Crippen MR) is 78.1 cm³/mol. The highest BCUT2D eigenvalue weighted by Crippen LogP contribution is 2.59. The Bertz CT molecular complexity index is 562. The first-order valence-corrected chi connectivity index (χ1v) is 8.01. The van der Waals surface area contributed by atoms with Crippen molar-refractivity contribution in [2.24, 2.45) is 10.3 Å². The number of rotatable bonds is 7. The van der Waals surface area contributed by atoms with Crippen molar-refractivity contribution >= 4 is 10.5 Å². The number of ether oxygens (including phenoxy) is 1. The molecule has 1 aromatic carbocycles. The van der Waals surface area contributed by atoms with Crippen LogP contribution >= 0.6 is 0 Å². The predicted octanol–water partition coefficient (Wildman–Crippen LogP) is 2.82. The fourth-order valence-corrected chi connectivity index (χ4v) is 3.81. The lowest BCUT2D eigenvalue weighted by Crippen LogP contribution is -2.13. The quantitative estimate of drug-likeness (QED) is 0.727. The second kappa shape index (κ2) is 6.50. The number of methoxy groups -OCH3 is 1. The Morgan fingerprint density at radius 1 is 1.25 bits per heavy atom. The molecule has 2 rings (SSSR count). The van der Waals surface area contributed by atoms with E-state index in [1.54, 1.807) is 7.11 Å². The zero-order valence-corrected chi connectivity index (χ0v) is 12.8. The zero-order valence-electron chi connectivity index (χ0n) is 12.0. The third kappa shape index (κ3) is 2.94. The van der Waals surface area contributed by atoms with E-state index in [0.29, 0.717) is 0 Å². The highest BCUT2D eigenvalue weighted by Gasteiger charge is 2.63. The van der Waals surface area contributed by atoms with Gasteiger partial charge in [-0.15, -0.1) is 0 Å². The molecule has 1 aliphatic carbocycles. The van der Waals surface area contributed by atoms with Crippen LogP contribution in [0, 0.1) is 5.92 Å². The van der Waals surface area contributed by atoms with Crippen LogP contribution in [0.4, 0.5) is 0 Å². The molecule has 0 amide bonds. The van der Waals surface area contributed by atoms with Crippen LogP contribution in [0.25, 0.3) is 0 Å². The Kier molecular flexibility index (Phi) is 4.94. The van der Waals surface area contributed by atoms with Crippen molar-refractivity contribution in [1.29, 1.82) is 0 Å². The lowest BCUT2D eigenvalue weighted by atomic mass is 9.87. The minimum Gasteiger partial charge on any atom is -0.385 e. The van der Waals surface area contributed by atoms with Crippen molar-refractivity contribution < 1.29 is 13.2 Å². The van der Waals surface area contributed by atoms with Gasteiger partial charge in [0.2, 0.25) is 0 Å². The molecule has 1 aromatic rings. The highest BCUT2D eigenvalue weighted by molar-refractivity contribution is 7.61. The molecule has 0 N–H and O–H groups in total. The highest BCUT2D eigenvalue weighted by atomic mass is 32.2. The van der Waals surface area contributed by atoms with Crippen LogP contribution in [-0.4, -0.2) is 28.2 Å². The molecule has 5 heteroatoms. The number of nitrogens with zero attached hydrogens (tertiary/aromatic N) is 1. The second-order valence-electron chi connectivity index (χ2n) is 5.41. The molecule has 0 bridgehead atoms. The molecule has 0 radical (unpaired) electrons. The normalized spacial score (nSPS) is 28.1. The van der Waals surface area contributed by atoms with Crippen LogP contribution < -0.4 is 0 Å². The Morgan fingerprint density at radius 3 is 2.55 bits per heavy atom. The van der Waals surface area contributed by atoms with E-state index >= 15 is 0 Å². The van der Waals surface area contributed by atoms with Gasteiger partial charge < -0.3 is 4.74 Å². The van der Waals surface area contributed by atoms with Gasteiger partial charge in [-0.1, -0.05) is 43.7 Å². The Morgan fingerprint density at radius 2 is 1.95 bits per heavy atom. The molecule has 1 aliphatic rings. The molecule has 3 unspecified atom stereocenters. The van der Waals surface area contributed by atoms with Crippen LogP contribution in [0.5, 0.6) is 0 Å². The summed E-state index contributed by atoms with van der Waals surface area (Å²) in [5.41, 5.74) is 1.08. The van der Waals surface area contributed by atoms with E-state index in [1.165, 1.54) is 5.56 Å². The molecule has 110 valence electrons. The summed E-state index contributed by atoms with van der Waals surface area (Å²) in [7, 11) is -0.633. The smallest absolute Gasteiger partial charge is 0.311 e. The summed E-state index contributed by atoms with van der Waals surface area (Å²) < 4.78 is 30.8. The van der Waals surface area contributed by atoms with Crippen LogP contribution in [0.15, 0.2) is 34.7 Å². The Balaban J connectivity index is 2.20. The van der Waals surface area contributed by atoms with Crippen molar-refractivity contribution in [2.45, 2.75) is 37.6 Å². The maximum Gasteiger partial charge on any atom is 0.311 e. The molecule has 1 fully saturated rings. The fraction of sp³-hybridized carbons (Fsp3) is 0.600. The van der Waals surface area contributed by atoms with Crippen LogP contribution in [0.3, 0.4) is 0 Å². The minimum absolute atomic E-state index is 0.116. The summed E-state index contributed by atoms with van der Waals surface area (Å²) in [6, 6.07) is 10.0. The summed E-state index contributed by atoms with van der Waals surface area (Å²) in [5, 5.41) is 0. The maximum atomic E-state index is 10.9. The molecule has 3 atom stereocenters. The van der Waals surface area contributed by atoms with Gasteiger partial charge in [0, 0.05) is 19.1 Å². The summed E-state index contributed by atoms with van der Waals surface area (Å²) in [6.45, 7) is 2.83. The van der Waals surface area contributed by atoms with Crippen molar-refractivity contribution in [3.8, 4) is 0 Å². The van der Waals surface area contributed by atoms with E-state index in [-0.39, 0.29) is 17.4 Å². The average molecular weight is 295 g/mol. The molecule has 4 nitrogen and oxygen atoms in total. The molecule has 20 heavy (non-hydrogen) atoms. The standard InChI is InChI=1S/C15H21NO3S/c1-12-14(16-20(17)18)15(12,10-6-7-11-19-2)13-8-4-3-5-9-13/h3-5,8-9,12,14H,6-7,10-11H2,1-2H3. The van der Waals surface area contributed by atoms with E-state index in [9.17, 15) is 8.42 Å². The lowest BCUT2D eigenvalue weighted by Gasteiger charge is -2.17. The van der Waals surface area contributed by atoms with Crippen molar-refractivity contribution in [3.05, 3.63) is 35.9 Å². The molecule has 1 saturated carbocycles.